The summed E-state index contributed by atoms with van der Waals surface area (Å²) in [5.41, 5.74) is 0.675. The third kappa shape index (κ3) is 6.00. The molecule has 0 saturated carbocycles. The van der Waals surface area contributed by atoms with Crippen molar-refractivity contribution in [1.82, 2.24) is 14.7 Å². The van der Waals surface area contributed by atoms with E-state index in [0.29, 0.717) is 28.9 Å². The van der Waals surface area contributed by atoms with E-state index in [1.807, 2.05) is 0 Å². The molecule has 1 unspecified atom stereocenters. The summed E-state index contributed by atoms with van der Waals surface area (Å²) in [6, 6.07) is 6.55. The van der Waals surface area contributed by atoms with E-state index in [2.05, 4.69) is 59.7 Å². The van der Waals surface area contributed by atoms with Gasteiger partial charge in [-0.2, -0.15) is 4.98 Å². The lowest BCUT2D eigenvalue weighted by molar-refractivity contribution is 0.159. The van der Waals surface area contributed by atoms with Crippen LogP contribution in [-0.2, 0) is 14.4 Å². The number of benzene rings is 1. The number of carbonyl (C=O) groups excluding carboxylic acids is 1. The van der Waals surface area contributed by atoms with Crippen LogP contribution in [0.1, 0.15) is 6.92 Å². The highest BCUT2D eigenvalue weighted by molar-refractivity contribution is 14.1. The van der Waals surface area contributed by atoms with E-state index in [0.717, 1.165) is 3.57 Å². The largest absolute Gasteiger partial charge is 0.449 e. The van der Waals surface area contributed by atoms with Crippen molar-refractivity contribution in [2.24, 2.45) is 0 Å². The Morgan fingerprint density at radius 3 is 2.74 bits per heavy atom. The maximum atomic E-state index is 12.5. The zero-order valence-corrected chi connectivity index (χ0v) is 17.5. The van der Waals surface area contributed by atoms with Gasteiger partial charge in [0.2, 0.25) is 5.95 Å². The van der Waals surface area contributed by atoms with Gasteiger partial charge in [-0.25, -0.2) is 18.7 Å². The van der Waals surface area contributed by atoms with E-state index < -0.39 is 15.8 Å². The maximum absolute atomic E-state index is 12.5. The summed E-state index contributed by atoms with van der Waals surface area (Å²) in [6.45, 7) is 2.19. The highest BCUT2D eigenvalue weighted by Gasteiger charge is 2.12. The van der Waals surface area contributed by atoms with Crippen LogP contribution in [0.3, 0.4) is 0 Å². The van der Waals surface area contributed by atoms with Crippen molar-refractivity contribution >= 4 is 61.7 Å². The van der Waals surface area contributed by atoms with Crippen LogP contribution in [-0.4, -0.2) is 39.3 Å². The van der Waals surface area contributed by atoms with E-state index in [-0.39, 0.29) is 6.61 Å². The predicted octanol–water partition coefficient (Wildman–Crippen LogP) is 2.61. The molecule has 27 heavy (non-hydrogen) atoms. The summed E-state index contributed by atoms with van der Waals surface area (Å²) in [7, 11) is -3.01. The van der Waals surface area contributed by atoms with Gasteiger partial charge in [-0.15, -0.1) is 6.42 Å². The van der Waals surface area contributed by atoms with E-state index in [4.69, 9.17) is 11.2 Å². The number of amides is 1. The molecule has 1 heterocycles. The first kappa shape index (κ1) is 20.8. The lowest BCUT2D eigenvalue weighted by atomic mass is 10.3. The highest BCUT2D eigenvalue weighted by Crippen LogP contribution is 2.20. The van der Waals surface area contributed by atoms with Crippen LogP contribution in [0.4, 0.5) is 22.2 Å². The second-order valence-corrected chi connectivity index (χ2v) is 8.28. The number of terminal acetylenes is 1. The summed E-state index contributed by atoms with van der Waals surface area (Å²) >= 11 is 2.11. The summed E-state index contributed by atoms with van der Waals surface area (Å²) in [4.78, 5) is 20.4. The number of nitrogens with zero attached hydrogens (tertiary/aromatic N) is 2. The van der Waals surface area contributed by atoms with Crippen molar-refractivity contribution in [3.63, 3.8) is 0 Å². The van der Waals surface area contributed by atoms with Crippen LogP contribution in [0, 0.1) is 15.9 Å². The maximum Gasteiger partial charge on any atom is 0.418 e. The first-order valence-corrected chi connectivity index (χ1v) is 10.5. The molecule has 2 aromatic rings. The number of halogens is 1. The lowest BCUT2D eigenvalue weighted by Crippen LogP contribution is -2.30. The van der Waals surface area contributed by atoms with Crippen molar-refractivity contribution < 1.29 is 13.7 Å². The van der Waals surface area contributed by atoms with Crippen molar-refractivity contribution in [3.8, 4) is 12.3 Å². The first-order chi connectivity index (χ1) is 12.9. The lowest BCUT2D eigenvalue weighted by Gasteiger charge is -2.12. The molecule has 1 atom stereocenters. The Labute approximate surface area is 171 Å². The molecule has 0 aliphatic rings. The van der Waals surface area contributed by atoms with Gasteiger partial charge >= 0.3 is 6.09 Å². The Morgan fingerprint density at radius 1 is 1.41 bits per heavy atom. The Bertz CT molecular complexity index is 956. The Hall–Kier alpha value is -2.52. The Balaban J connectivity index is 2.12. The zero-order valence-electron chi connectivity index (χ0n) is 14.5. The minimum Gasteiger partial charge on any atom is -0.449 e. The highest BCUT2D eigenvalue weighted by atomic mass is 127. The minimum atomic E-state index is -3.01. The number of nitrogens with one attached hydrogen (secondary N) is 3. The number of anilines is 3. The molecule has 1 aromatic carbocycles. The van der Waals surface area contributed by atoms with Crippen molar-refractivity contribution in [3.05, 3.63) is 34.0 Å². The third-order valence-corrected chi connectivity index (χ3v) is 5.44. The Kier molecular flexibility index (Phi) is 7.26. The van der Waals surface area contributed by atoms with Gasteiger partial charge in [0.25, 0.3) is 0 Å². The predicted molar refractivity (Wildman–Crippen MR) is 115 cm³/mol. The molecule has 2 rings (SSSR count). The molecule has 0 fully saturated rings. The molecule has 10 heteroatoms. The molecule has 0 aliphatic carbocycles. The molecule has 0 spiro atoms. The molecule has 142 valence electrons. The molecular weight excluding hydrogens is 481 g/mol. The third-order valence-electron chi connectivity index (χ3n) is 3.12. The van der Waals surface area contributed by atoms with Crippen LogP contribution in [0.25, 0.3) is 0 Å². The zero-order chi connectivity index (χ0) is 19.9. The summed E-state index contributed by atoms with van der Waals surface area (Å²) in [5.74, 6) is 7.06. The number of ether oxygens (including phenoxy) is 1. The molecular formula is C17H18IN5O3S. The van der Waals surface area contributed by atoms with E-state index in [9.17, 15) is 9.00 Å². The minimum absolute atomic E-state index is 0.179. The topological polar surface area (TPSA) is 105 Å². The van der Waals surface area contributed by atoms with Crippen LogP contribution in [0.5, 0.6) is 0 Å². The number of hydrogen-bond donors (Lipinski definition) is 3. The van der Waals surface area contributed by atoms with Gasteiger partial charge in [-0.3, -0.25) is 0 Å². The molecule has 8 nitrogen and oxygen atoms in total. The fourth-order valence-electron chi connectivity index (χ4n) is 1.93. The van der Waals surface area contributed by atoms with Crippen molar-refractivity contribution in [1.29, 1.82) is 0 Å². The number of aromatic nitrogens is 2. The van der Waals surface area contributed by atoms with Crippen LogP contribution < -0.4 is 15.4 Å². The van der Waals surface area contributed by atoms with Gasteiger partial charge in [0.05, 0.1) is 26.4 Å². The smallest absolute Gasteiger partial charge is 0.418 e. The first-order valence-electron chi connectivity index (χ1n) is 7.74. The molecule has 0 bridgehead atoms. The van der Waals surface area contributed by atoms with Gasteiger partial charge in [0.15, 0.2) is 0 Å². The standard InChI is InChI=1S/C17H18IN5O3S/c1-4-10-19-15-14(18)11-20-16(22-15)21-12-6-8-13(9-7-12)27(3,25)23-17(24)26-5-2/h1,6-9,11H,3,5,10H2,2H3,(H,23,24,25)(H2,19,20,21,22). The van der Waals surface area contributed by atoms with Gasteiger partial charge < -0.3 is 15.4 Å². The molecule has 3 N–H and O–H groups in total. The molecule has 0 radical (unpaired) electrons. The molecule has 0 saturated heterocycles. The van der Waals surface area contributed by atoms with Crippen LogP contribution in [0.2, 0.25) is 0 Å². The fourth-order valence-corrected chi connectivity index (χ4v) is 3.40. The number of hydrogen-bond acceptors (Lipinski definition) is 7. The van der Waals surface area contributed by atoms with Gasteiger partial charge in [0, 0.05) is 16.8 Å². The average Bonchev–Trinajstić information content (AvgIpc) is 2.62. The second-order valence-electron chi connectivity index (χ2n) is 5.09. The molecule has 0 aliphatic heterocycles. The second kappa shape index (κ2) is 9.43. The summed E-state index contributed by atoms with van der Waals surface area (Å²) in [5, 5.41) is 6.06. The number of rotatable bonds is 7. The Morgan fingerprint density at radius 2 is 2.11 bits per heavy atom. The SMILES string of the molecule is C#CCNc1nc(Nc2ccc(S(=C)(=O)NC(=O)OCC)cc2)ncc1I. The van der Waals surface area contributed by atoms with Crippen molar-refractivity contribution in [2.75, 3.05) is 23.8 Å². The van der Waals surface area contributed by atoms with Crippen LogP contribution >= 0.6 is 22.6 Å². The van der Waals surface area contributed by atoms with Crippen LogP contribution in [0.15, 0.2) is 35.4 Å². The van der Waals surface area contributed by atoms with Gasteiger partial charge in [-0.05, 0) is 59.7 Å². The van der Waals surface area contributed by atoms with E-state index in [1.54, 1.807) is 37.4 Å². The van der Waals surface area contributed by atoms with Gasteiger partial charge in [-0.1, -0.05) is 5.92 Å². The fraction of sp³-hybridized carbons (Fsp3) is 0.176. The van der Waals surface area contributed by atoms with E-state index >= 15 is 0 Å². The normalized spacial score (nSPS) is 12.3. The average molecular weight is 499 g/mol. The molecule has 1 amide bonds. The summed E-state index contributed by atoms with van der Waals surface area (Å²) < 4.78 is 20.4. The summed E-state index contributed by atoms with van der Waals surface area (Å²) in [6.07, 6.45) is 6.13. The van der Waals surface area contributed by atoms with Gasteiger partial charge in [0.1, 0.15) is 5.82 Å². The van der Waals surface area contributed by atoms with E-state index in [1.165, 1.54) is 0 Å². The quantitative estimate of drug-likeness (QED) is 0.306. The molecule has 1 aromatic heterocycles. The number of carbonyl (C=O) groups is 1. The monoisotopic (exact) mass is 499 g/mol. The van der Waals surface area contributed by atoms with Crippen molar-refractivity contribution in [2.45, 2.75) is 11.8 Å².